The van der Waals surface area contributed by atoms with Gasteiger partial charge in [-0.3, -0.25) is 0 Å². The highest BCUT2D eigenvalue weighted by molar-refractivity contribution is 8.00. The minimum atomic E-state index is -2.93. The molecular formula is C66H45BN2OSSi2. The van der Waals surface area contributed by atoms with Crippen molar-refractivity contribution >= 4 is 127 Å². The third-order valence-corrected chi connectivity index (χ3v) is 26.9. The van der Waals surface area contributed by atoms with E-state index in [1.807, 2.05) is 11.8 Å². The van der Waals surface area contributed by atoms with E-state index in [2.05, 4.69) is 283 Å². The number of hydrogen-bond acceptors (Lipinski definition) is 4. The molecule has 0 fully saturated rings. The summed E-state index contributed by atoms with van der Waals surface area (Å²) in [6, 6.07) is 103. The van der Waals surface area contributed by atoms with E-state index in [-0.39, 0.29) is 6.71 Å². The van der Waals surface area contributed by atoms with Gasteiger partial charge in [-0.2, -0.15) is 0 Å². The Morgan fingerprint density at radius 3 is 1.14 bits per heavy atom. The molecule has 73 heavy (non-hydrogen) atoms. The molecule has 7 heteroatoms. The van der Waals surface area contributed by atoms with Crippen LogP contribution in [0.2, 0.25) is 0 Å². The maximum atomic E-state index is 7.55. The lowest BCUT2D eigenvalue weighted by Gasteiger charge is -2.47. The van der Waals surface area contributed by atoms with E-state index in [1.165, 1.54) is 90.4 Å². The Kier molecular flexibility index (Phi) is 9.64. The maximum Gasteiger partial charge on any atom is 0.254 e. The number of anilines is 6. The SMILES string of the molecule is c1ccc([Si]2(c3ccccc3)c3ccccc3N(c3cc(N4c5ccccc5[Si](c5ccccc5)(c5ccccc5)c5ccccc54)c4c5c3Oc3ccccc3B5c3ccccc3S4)c3ccccc32)cc1. The number of fused-ring (bicyclic) bond motifs is 8. The lowest BCUT2D eigenvalue weighted by molar-refractivity contribution is 0.487. The van der Waals surface area contributed by atoms with Crippen molar-refractivity contribution in [3.63, 3.8) is 0 Å². The number of nitrogens with zero attached hydrogens (tertiary/aromatic N) is 2. The highest BCUT2D eigenvalue weighted by atomic mass is 32.2. The molecule has 3 nitrogen and oxygen atoms in total. The minimum Gasteiger partial charge on any atom is -0.456 e. The lowest BCUT2D eigenvalue weighted by atomic mass is 9.35. The summed E-state index contributed by atoms with van der Waals surface area (Å²) in [7, 11) is -5.84. The zero-order valence-electron chi connectivity index (χ0n) is 39.8. The molecule has 0 atom stereocenters. The van der Waals surface area contributed by atoms with Crippen LogP contribution in [0.3, 0.4) is 0 Å². The molecule has 4 heterocycles. The molecule has 342 valence electrons. The van der Waals surface area contributed by atoms with Gasteiger partial charge in [-0.15, -0.1) is 0 Å². The van der Waals surface area contributed by atoms with Gasteiger partial charge in [0.25, 0.3) is 6.71 Å². The van der Waals surface area contributed by atoms with Crippen LogP contribution in [0.5, 0.6) is 11.5 Å². The summed E-state index contributed by atoms with van der Waals surface area (Å²) in [5.41, 5.74) is 10.6. The van der Waals surface area contributed by atoms with Crippen LogP contribution in [0.15, 0.2) is 283 Å². The van der Waals surface area contributed by atoms with Crippen molar-refractivity contribution < 1.29 is 4.74 Å². The van der Waals surface area contributed by atoms with Crippen LogP contribution in [0, 0.1) is 0 Å². The average molecular weight is 981 g/mol. The van der Waals surface area contributed by atoms with Crippen LogP contribution >= 0.6 is 11.8 Å². The molecule has 0 amide bonds. The lowest BCUT2D eigenvalue weighted by Crippen LogP contribution is -2.77. The zero-order chi connectivity index (χ0) is 48.1. The predicted molar refractivity (Wildman–Crippen MR) is 312 cm³/mol. The van der Waals surface area contributed by atoms with Crippen molar-refractivity contribution in [2.75, 3.05) is 9.80 Å². The summed E-state index contributed by atoms with van der Waals surface area (Å²) in [6.07, 6.45) is 0. The van der Waals surface area contributed by atoms with Gasteiger partial charge in [0.15, 0.2) is 16.1 Å². The van der Waals surface area contributed by atoms with Gasteiger partial charge in [0, 0.05) is 32.5 Å². The summed E-state index contributed by atoms with van der Waals surface area (Å²) in [5, 5.41) is 10.9. The molecule has 4 aliphatic rings. The van der Waals surface area contributed by atoms with Crippen molar-refractivity contribution in [1.29, 1.82) is 0 Å². The summed E-state index contributed by atoms with van der Waals surface area (Å²) >= 11 is 1.89. The zero-order valence-corrected chi connectivity index (χ0v) is 42.6. The summed E-state index contributed by atoms with van der Waals surface area (Å²) in [6.45, 7) is -0.0686. The maximum absolute atomic E-state index is 7.55. The second kappa shape index (κ2) is 16.6. The Bertz CT molecular complexity index is 3540. The van der Waals surface area contributed by atoms with Gasteiger partial charge in [0.05, 0.1) is 11.4 Å². The first-order chi connectivity index (χ1) is 36.3. The van der Waals surface area contributed by atoms with Crippen LogP contribution in [-0.4, -0.2) is 22.9 Å². The first-order valence-corrected chi connectivity index (χ1v) is 30.0. The fourth-order valence-corrected chi connectivity index (χ4v) is 24.6. The van der Waals surface area contributed by atoms with Crippen LogP contribution < -0.4 is 72.4 Å². The van der Waals surface area contributed by atoms with E-state index in [0.717, 1.165) is 22.9 Å². The molecule has 0 spiro atoms. The second-order valence-corrected chi connectivity index (χ2v) is 27.9. The second-order valence-electron chi connectivity index (χ2n) is 19.4. The molecule has 0 saturated heterocycles. The number of para-hydroxylation sites is 5. The molecule has 0 saturated carbocycles. The summed E-state index contributed by atoms with van der Waals surface area (Å²) in [4.78, 5) is 7.66. The molecule has 15 rings (SSSR count). The smallest absolute Gasteiger partial charge is 0.254 e. The van der Waals surface area contributed by atoms with E-state index in [1.54, 1.807) is 0 Å². The Morgan fingerprint density at radius 2 is 0.685 bits per heavy atom. The fourth-order valence-electron chi connectivity index (χ4n) is 13.1. The highest BCUT2D eigenvalue weighted by Crippen LogP contribution is 2.53. The molecule has 0 bridgehead atoms. The number of ether oxygens (including phenoxy) is 1. The average Bonchev–Trinajstić information content (AvgIpc) is 3.47. The van der Waals surface area contributed by atoms with E-state index < -0.39 is 16.1 Å². The van der Waals surface area contributed by atoms with Gasteiger partial charge in [0.1, 0.15) is 11.5 Å². The van der Waals surface area contributed by atoms with Crippen LogP contribution in [0.25, 0.3) is 0 Å². The predicted octanol–water partition coefficient (Wildman–Crippen LogP) is 9.09. The molecular weight excluding hydrogens is 936 g/mol. The van der Waals surface area contributed by atoms with Crippen LogP contribution in [-0.2, 0) is 0 Å². The fraction of sp³-hybridized carbons (Fsp3) is 0. The Balaban J connectivity index is 1.07. The van der Waals surface area contributed by atoms with Crippen molar-refractivity contribution in [2.24, 2.45) is 0 Å². The van der Waals surface area contributed by atoms with E-state index in [4.69, 9.17) is 4.74 Å². The topological polar surface area (TPSA) is 15.7 Å². The number of benzene rings is 11. The molecule has 0 aliphatic carbocycles. The van der Waals surface area contributed by atoms with E-state index >= 15 is 0 Å². The number of rotatable bonds is 6. The largest absolute Gasteiger partial charge is 0.456 e. The molecule has 11 aromatic rings. The molecule has 0 aromatic heterocycles. The van der Waals surface area contributed by atoms with Gasteiger partial charge in [0.2, 0.25) is 0 Å². The van der Waals surface area contributed by atoms with Crippen molar-refractivity contribution in [3.05, 3.63) is 273 Å². The van der Waals surface area contributed by atoms with Gasteiger partial charge in [-0.1, -0.05) is 248 Å². The quantitative estimate of drug-likeness (QED) is 0.155. The molecule has 4 aliphatic heterocycles. The standard InChI is InChI=1S/C66H45BN2OSSi2/c1-5-25-46(26-6-1)72(47-27-7-2-8-28-47)60-41-21-15-35-52(60)68(53-36-16-22-42-61(53)72)56-45-57(66-64-65(56)70-58-39-19-13-33-50(58)67(64)51-34-14-20-40-59(51)71-66)69-54-37-17-23-43-62(54)73(48-29-9-3-10-30-48,49-31-11-4-12-32-49)63-44-24-18-38-55(63)69/h1-45H. The first kappa shape index (κ1) is 42.4. The van der Waals surface area contributed by atoms with E-state index in [9.17, 15) is 0 Å². The monoisotopic (exact) mass is 980 g/mol. The van der Waals surface area contributed by atoms with E-state index in [0.29, 0.717) is 0 Å². The third-order valence-electron chi connectivity index (χ3n) is 15.9. The highest BCUT2D eigenvalue weighted by Gasteiger charge is 2.53. The number of hydrogen-bond donors (Lipinski definition) is 0. The Hall–Kier alpha value is -8.33. The molecule has 0 unspecified atom stereocenters. The van der Waals surface area contributed by atoms with Crippen molar-refractivity contribution in [3.8, 4) is 11.5 Å². The van der Waals surface area contributed by atoms with Crippen LogP contribution in [0.4, 0.5) is 34.1 Å². The van der Waals surface area contributed by atoms with Crippen molar-refractivity contribution in [1.82, 2.24) is 0 Å². The summed E-state index contributed by atoms with van der Waals surface area (Å²) in [5.74, 6) is 1.80. The molecule has 11 aromatic carbocycles. The third kappa shape index (κ3) is 5.95. The van der Waals surface area contributed by atoms with Gasteiger partial charge >= 0.3 is 0 Å². The molecule has 0 N–H and O–H groups in total. The molecule has 0 radical (unpaired) electrons. The van der Waals surface area contributed by atoms with Crippen molar-refractivity contribution in [2.45, 2.75) is 9.79 Å². The first-order valence-electron chi connectivity index (χ1n) is 25.2. The van der Waals surface area contributed by atoms with Gasteiger partial charge < -0.3 is 14.5 Å². The van der Waals surface area contributed by atoms with Crippen LogP contribution in [0.1, 0.15) is 0 Å². The summed E-state index contributed by atoms with van der Waals surface area (Å²) < 4.78 is 7.55. The van der Waals surface area contributed by atoms with Gasteiger partial charge in [-0.25, -0.2) is 0 Å². The normalized spacial score (nSPS) is 14.8. The Morgan fingerprint density at radius 1 is 0.329 bits per heavy atom. The van der Waals surface area contributed by atoms with Gasteiger partial charge in [-0.05, 0) is 94.9 Å². The Labute approximate surface area is 432 Å². The minimum absolute atomic E-state index is 0.0686.